The van der Waals surface area contributed by atoms with Crippen molar-refractivity contribution >= 4 is 43.4 Å². The zero-order chi connectivity index (χ0) is 32.2. The smallest absolute Gasteiger partial charge is 0.118 e. The maximum absolute atomic E-state index is 5.45. The number of ether oxygens (including phenoxy) is 1. The number of aryl methyl sites for hydroxylation is 1. The molecule has 0 aliphatic heterocycles. The molecule has 9 rings (SSSR count). The zero-order valence-corrected chi connectivity index (χ0v) is 26.9. The van der Waals surface area contributed by atoms with Crippen LogP contribution in [0.3, 0.4) is 0 Å². The average molecular weight is 616 g/mol. The van der Waals surface area contributed by atoms with E-state index >= 15 is 0 Å². The van der Waals surface area contributed by atoms with Crippen molar-refractivity contribution in [2.45, 2.75) is 6.92 Å². The highest BCUT2D eigenvalue weighted by Crippen LogP contribution is 2.44. The van der Waals surface area contributed by atoms with Gasteiger partial charge in [-0.05, 0) is 104 Å². The molecule has 1 heterocycles. The first-order chi connectivity index (χ1) is 23.7. The van der Waals surface area contributed by atoms with E-state index in [4.69, 9.17) is 4.74 Å². The summed E-state index contributed by atoms with van der Waals surface area (Å²) in [6.45, 7) is 2.16. The third-order valence-electron chi connectivity index (χ3n) is 9.77. The van der Waals surface area contributed by atoms with E-state index in [2.05, 4.69) is 163 Å². The third kappa shape index (κ3) is 4.49. The van der Waals surface area contributed by atoms with Crippen LogP contribution in [0.2, 0.25) is 0 Å². The minimum Gasteiger partial charge on any atom is -0.497 e. The SMILES string of the molecule is COc1ccc(-c2c3ccccc3c(-c3ccc(-c4ccc(-n5c6ccccc6c6cc(C)ccc65)cc4)cc3)c3ccccc23)cc1. The van der Waals surface area contributed by atoms with Gasteiger partial charge in [-0.1, -0.05) is 127 Å². The van der Waals surface area contributed by atoms with Gasteiger partial charge >= 0.3 is 0 Å². The van der Waals surface area contributed by atoms with Crippen LogP contribution in [0.1, 0.15) is 5.56 Å². The molecule has 0 N–H and O–H groups in total. The second-order valence-electron chi connectivity index (χ2n) is 12.6. The molecule has 0 unspecified atom stereocenters. The highest BCUT2D eigenvalue weighted by molar-refractivity contribution is 6.21. The van der Waals surface area contributed by atoms with Gasteiger partial charge in [-0.25, -0.2) is 0 Å². The topological polar surface area (TPSA) is 14.2 Å². The second-order valence-corrected chi connectivity index (χ2v) is 12.6. The lowest BCUT2D eigenvalue weighted by Crippen LogP contribution is -1.93. The summed E-state index contributed by atoms with van der Waals surface area (Å²) in [7, 11) is 1.71. The van der Waals surface area contributed by atoms with Gasteiger partial charge in [-0.3, -0.25) is 0 Å². The standard InChI is InChI=1S/C46H33NO/c1-30-15-28-44-42(29-30)37-9-7-8-14-43(37)47(44)35-24-20-32(21-25-35)31-16-18-33(19-17-31)45-38-10-3-5-12-40(38)46(41-13-6-4-11-39(41)45)34-22-26-36(48-2)27-23-34/h3-29H,1-2H3. The van der Waals surface area contributed by atoms with Crippen LogP contribution in [0.5, 0.6) is 5.75 Å². The van der Waals surface area contributed by atoms with Crippen molar-refractivity contribution in [3.63, 3.8) is 0 Å². The minimum atomic E-state index is 0.862. The first-order valence-electron chi connectivity index (χ1n) is 16.5. The van der Waals surface area contributed by atoms with Crippen molar-refractivity contribution in [2.24, 2.45) is 0 Å². The van der Waals surface area contributed by atoms with E-state index in [1.54, 1.807) is 7.11 Å². The van der Waals surface area contributed by atoms with Gasteiger partial charge in [-0.2, -0.15) is 0 Å². The van der Waals surface area contributed by atoms with E-state index in [1.807, 2.05) is 12.1 Å². The van der Waals surface area contributed by atoms with Gasteiger partial charge in [0.15, 0.2) is 0 Å². The van der Waals surface area contributed by atoms with Gasteiger partial charge in [0.05, 0.1) is 18.1 Å². The number of hydrogen-bond donors (Lipinski definition) is 0. The van der Waals surface area contributed by atoms with Crippen molar-refractivity contribution < 1.29 is 4.74 Å². The average Bonchev–Trinajstić information content (AvgIpc) is 3.47. The van der Waals surface area contributed by atoms with Crippen LogP contribution in [0.15, 0.2) is 164 Å². The highest BCUT2D eigenvalue weighted by atomic mass is 16.5. The Kier molecular flexibility index (Phi) is 6.62. The monoisotopic (exact) mass is 615 g/mol. The number of hydrogen-bond acceptors (Lipinski definition) is 1. The molecule has 1 aromatic heterocycles. The van der Waals surface area contributed by atoms with E-state index < -0.39 is 0 Å². The van der Waals surface area contributed by atoms with Gasteiger partial charge < -0.3 is 9.30 Å². The summed E-state index contributed by atoms with van der Waals surface area (Å²) in [4.78, 5) is 0. The molecular weight excluding hydrogens is 583 g/mol. The van der Waals surface area contributed by atoms with Crippen molar-refractivity contribution in [3.8, 4) is 44.8 Å². The Morgan fingerprint density at radius 2 is 0.833 bits per heavy atom. The molecule has 2 nitrogen and oxygen atoms in total. The maximum atomic E-state index is 5.45. The molecular formula is C46H33NO. The fourth-order valence-corrected chi connectivity index (χ4v) is 7.51. The Labute approximate surface area is 280 Å². The van der Waals surface area contributed by atoms with Gasteiger partial charge in [0, 0.05) is 16.5 Å². The fourth-order valence-electron chi connectivity index (χ4n) is 7.51. The molecule has 0 fully saturated rings. The number of methoxy groups -OCH3 is 1. The van der Waals surface area contributed by atoms with Crippen LogP contribution in [0.4, 0.5) is 0 Å². The summed E-state index contributed by atoms with van der Waals surface area (Å²) in [6.07, 6.45) is 0. The van der Waals surface area contributed by atoms with Crippen LogP contribution in [0.25, 0.3) is 82.4 Å². The highest BCUT2D eigenvalue weighted by Gasteiger charge is 2.17. The molecule has 0 saturated carbocycles. The zero-order valence-electron chi connectivity index (χ0n) is 26.9. The lowest BCUT2D eigenvalue weighted by atomic mass is 9.85. The summed E-state index contributed by atoms with van der Waals surface area (Å²) in [6, 6.07) is 59.5. The van der Waals surface area contributed by atoms with Crippen LogP contribution in [0, 0.1) is 6.92 Å². The van der Waals surface area contributed by atoms with Gasteiger partial charge in [0.25, 0.3) is 0 Å². The Morgan fingerprint density at radius 3 is 1.38 bits per heavy atom. The number of nitrogens with zero attached hydrogens (tertiary/aromatic N) is 1. The first kappa shape index (κ1) is 28.1. The molecule has 0 radical (unpaired) electrons. The predicted octanol–water partition coefficient (Wildman–Crippen LogP) is 12.4. The van der Waals surface area contributed by atoms with Crippen molar-refractivity contribution in [1.29, 1.82) is 0 Å². The Bertz CT molecular complexity index is 2570. The Morgan fingerprint density at radius 1 is 0.396 bits per heavy atom. The van der Waals surface area contributed by atoms with Crippen LogP contribution in [-0.4, -0.2) is 11.7 Å². The minimum absolute atomic E-state index is 0.862. The molecule has 2 heteroatoms. The first-order valence-corrected chi connectivity index (χ1v) is 16.5. The second kappa shape index (κ2) is 11.3. The molecule has 0 bridgehead atoms. The normalized spacial score (nSPS) is 11.5. The number of rotatable bonds is 5. The van der Waals surface area contributed by atoms with Crippen LogP contribution < -0.4 is 4.74 Å². The van der Waals surface area contributed by atoms with E-state index in [-0.39, 0.29) is 0 Å². The summed E-state index contributed by atoms with van der Waals surface area (Å²) < 4.78 is 7.83. The molecule has 48 heavy (non-hydrogen) atoms. The fraction of sp³-hybridized carbons (Fsp3) is 0.0435. The van der Waals surface area contributed by atoms with E-state index in [0.717, 1.165) is 5.75 Å². The van der Waals surface area contributed by atoms with Crippen LogP contribution >= 0.6 is 0 Å². The molecule has 0 spiro atoms. The lowest BCUT2D eigenvalue weighted by molar-refractivity contribution is 0.415. The number of fused-ring (bicyclic) bond motifs is 5. The van der Waals surface area contributed by atoms with Gasteiger partial charge in [0.1, 0.15) is 5.75 Å². The summed E-state index contributed by atoms with van der Waals surface area (Å²) in [5, 5.41) is 7.57. The van der Waals surface area contributed by atoms with Crippen molar-refractivity contribution in [3.05, 3.63) is 169 Å². The number of para-hydroxylation sites is 1. The molecule has 0 aliphatic carbocycles. The van der Waals surface area contributed by atoms with E-state index in [9.17, 15) is 0 Å². The van der Waals surface area contributed by atoms with E-state index in [0.29, 0.717) is 0 Å². The predicted molar refractivity (Wildman–Crippen MR) is 203 cm³/mol. The summed E-state index contributed by atoms with van der Waals surface area (Å²) in [5.41, 5.74) is 12.2. The summed E-state index contributed by atoms with van der Waals surface area (Å²) in [5.74, 6) is 0.862. The van der Waals surface area contributed by atoms with Crippen molar-refractivity contribution in [2.75, 3.05) is 7.11 Å². The van der Waals surface area contributed by atoms with Crippen molar-refractivity contribution in [1.82, 2.24) is 4.57 Å². The maximum Gasteiger partial charge on any atom is 0.118 e. The van der Waals surface area contributed by atoms with E-state index in [1.165, 1.54) is 88.0 Å². The molecule has 8 aromatic carbocycles. The molecule has 228 valence electrons. The third-order valence-corrected chi connectivity index (χ3v) is 9.77. The molecule has 0 amide bonds. The van der Waals surface area contributed by atoms with Crippen LogP contribution in [-0.2, 0) is 0 Å². The summed E-state index contributed by atoms with van der Waals surface area (Å²) >= 11 is 0. The molecule has 0 aliphatic rings. The molecule has 0 saturated heterocycles. The quantitative estimate of drug-likeness (QED) is 0.176. The largest absolute Gasteiger partial charge is 0.497 e. The number of aromatic nitrogens is 1. The Balaban J connectivity index is 1.13. The number of benzene rings is 8. The van der Waals surface area contributed by atoms with Gasteiger partial charge in [-0.15, -0.1) is 0 Å². The lowest BCUT2D eigenvalue weighted by Gasteiger charge is -2.18. The molecule has 0 atom stereocenters. The molecule has 9 aromatic rings. The van der Waals surface area contributed by atoms with Gasteiger partial charge in [0.2, 0.25) is 0 Å². The Hall–Kier alpha value is -6.12.